The number of hydrogen-bond donors (Lipinski definition) is 3. The summed E-state index contributed by atoms with van der Waals surface area (Å²) in [4.78, 5) is 37.4. The van der Waals surface area contributed by atoms with Crippen LogP contribution in [0.5, 0.6) is 5.75 Å². The molecule has 0 atom stereocenters. The highest BCUT2D eigenvalue weighted by molar-refractivity contribution is 6.31. The summed E-state index contributed by atoms with van der Waals surface area (Å²) < 4.78 is 18.9. The van der Waals surface area contributed by atoms with Gasteiger partial charge in [0.05, 0.1) is 5.69 Å². The highest BCUT2D eigenvalue weighted by Gasteiger charge is 2.36. The highest BCUT2D eigenvalue weighted by Crippen LogP contribution is 2.29. The second-order valence-corrected chi connectivity index (χ2v) is 8.50. The van der Waals surface area contributed by atoms with Crippen LogP contribution in [0, 0.1) is 5.82 Å². The van der Waals surface area contributed by atoms with E-state index in [4.69, 9.17) is 22.1 Å². The minimum atomic E-state index is -0.778. The summed E-state index contributed by atoms with van der Waals surface area (Å²) in [6, 6.07) is 10.0. The average Bonchev–Trinajstić information content (AvgIpc) is 2.74. The topological polar surface area (TPSA) is 114 Å². The summed E-state index contributed by atoms with van der Waals surface area (Å²) in [6.07, 6.45) is 1.63. The molecule has 1 aliphatic heterocycles. The Morgan fingerprint density at radius 1 is 1.15 bits per heavy atom. The molecule has 4 amide bonds. The van der Waals surface area contributed by atoms with E-state index in [2.05, 4.69) is 10.6 Å². The SMILES string of the molecule is CC(=O)NC1(Cc2ccc(F)cc2)CCN(C(=O)COc2ccc(Cl)cc2NC(N)=O)CC1. The minimum absolute atomic E-state index is 0.155. The van der Waals surface area contributed by atoms with Crippen molar-refractivity contribution in [1.82, 2.24) is 10.2 Å². The van der Waals surface area contributed by atoms with Gasteiger partial charge in [0.25, 0.3) is 5.91 Å². The maximum absolute atomic E-state index is 13.3. The summed E-state index contributed by atoms with van der Waals surface area (Å²) in [6.45, 7) is 2.08. The number of amides is 4. The second kappa shape index (κ2) is 10.5. The summed E-state index contributed by atoms with van der Waals surface area (Å²) in [5, 5.41) is 5.83. The Bertz CT molecular complexity index is 1020. The fourth-order valence-corrected chi connectivity index (χ4v) is 4.16. The number of anilines is 1. The van der Waals surface area contributed by atoms with Crippen molar-refractivity contribution in [3.63, 3.8) is 0 Å². The zero-order valence-corrected chi connectivity index (χ0v) is 19.0. The van der Waals surface area contributed by atoms with E-state index in [-0.39, 0.29) is 35.7 Å². The maximum atomic E-state index is 13.3. The zero-order valence-electron chi connectivity index (χ0n) is 18.2. The first-order valence-electron chi connectivity index (χ1n) is 10.5. The molecule has 8 nitrogen and oxygen atoms in total. The van der Waals surface area contributed by atoms with Gasteiger partial charge in [-0.2, -0.15) is 0 Å². The standard InChI is InChI=1S/C23H26ClFN4O4/c1-15(30)28-23(13-16-2-5-18(25)6-3-16)8-10-29(11-9-23)21(31)14-33-20-7-4-17(24)12-19(20)27-22(26)32/h2-7,12H,8-11,13-14H2,1H3,(H,28,30)(H3,26,27,32). The lowest BCUT2D eigenvalue weighted by molar-refractivity contribution is -0.135. The molecule has 0 spiro atoms. The Kier molecular flexibility index (Phi) is 7.75. The van der Waals surface area contributed by atoms with Crippen LogP contribution in [0.25, 0.3) is 0 Å². The highest BCUT2D eigenvalue weighted by atomic mass is 35.5. The van der Waals surface area contributed by atoms with Crippen LogP contribution < -0.4 is 21.1 Å². The molecule has 2 aromatic carbocycles. The number of piperidine rings is 1. The van der Waals surface area contributed by atoms with Gasteiger partial charge in [-0.05, 0) is 55.2 Å². The van der Waals surface area contributed by atoms with Crippen molar-refractivity contribution < 1.29 is 23.5 Å². The molecule has 1 aliphatic rings. The third kappa shape index (κ3) is 6.82. The van der Waals surface area contributed by atoms with Gasteiger partial charge in [0.1, 0.15) is 11.6 Å². The van der Waals surface area contributed by atoms with Crippen molar-refractivity contribution in [2.24, 2.45) is 5.73 Å². The molecule has 0 aromatic heterocycles. The van der Waals surface area contributed by atoms with Crippen LogP contribution >= 0.6 is 11.6 Å². The third-order valence-electron chi connectivity index (χ3n) is 5.52. The van der Waals surface area contributed by atoms with Gasteiger partial charge in [0, 0.05) is 30.6 Å². The molecule has 2 aromatic rings. The van der Waals surface area contributed by atoms with E-state index in [1.807, 2.05) is 0 Å². The Balaban J connectivity index is 1.61. The van der Waals surface area contributed by atoms with Gasteiger partial charge in [0.2, 0.25) is 5.91 Å². The number of rotatable bonds is 7. The quantitative estimate of drug-likeness (QED) is 0.569. The molecule has 0 aliphatic carbocycles. The van der Waals surface area contributed by atoms with Crippen LogP contribution in [-0.4, -0.2) is 48.0 Å². The van der Waals surface area contributed by atoms with E-state index < -0.39 is 11.6 Å². The molecule has 1 heterocycles. The molecule has 176 valence electrons. The van der Waals surface area contributed by atoms with Gasteiger partial charge >= 0.3 is 6.03 Å². The lowest BCUT2D eigenvalue weighted by atomic mass is 9.81. The number of carbonyl (C=O) groups excluding carboxylic acids is 3. The zero-order chi connectivity index (χ0) is 24.0. The van der Waals surface area contributed by atoms with E-state index in [0.29, 0.717) is 37.4 Å². The maximum Gasteiger partial charge on any atom is 0.316 e. The predicted molar refractivity (Wildman–Crippen MR) is 123 cm³/mol. The molecule has 1 fully saturated rings. The van der Waals surface area contributed by atoms with E-state index >= 15 is 0 Å². The lowest BCUT2D eigenvalue weighted by Crippen LogP contribution is -2.57. The average molecular weight is 477 g/mol. The van der Waals surface area contributed by atoms with Crippen LogP contribution in [0.1, 0.15) is 25.3 Å². The summed E-state index contributed by atoms with van der Waals surface area (Å²) in [7, 11) is 0. The fourth-order valence-electron chi connectivity index (χ4n) is 3.99. The van der Waals surface area contributed by atoms with Crippen molar-refractivity contribution in [3.05, 3.63) is 58.9 Å². The Hall–Kier alpha value is -3.33. The number of hydrogen-bond acceptors (Lipinski definition) is 4. The fraction of sp³-hybridized carbons (Fsp3) is 0.348. The van der Waals surface area contributed by atoms with Crippen LogP contribution in [0.15, 0.2) is 42.5 Å². The van der Waals surface area contributed by atoms with Gasteiger partial charge in [-0.25, -0.2) is 9.18 Å². The van der Waals surface area contributed by atoms with E-state index in [0.717, 1.165) is 5.56 Å². The Morgan fingerprint density at radius 3 is 2.42 bits per heavy atom. The summed E-state index contributed by atoms with van der Waals surface area (Å²) in [5.41, 5.74) is 5.83. The van der Waals surface area contributed by atoms with Crippen LogP contribution in [0.3, 0.4) is 0 Å². The normalized spacial score (nSPS) is 14.9. The first-order chi connectivity index (χ1) is 15.7. The third-order valence-corrected chi connectivity index (χ3v) is 5.76. The van der Waals surface area contributed by atoms with Gasteiger partial charge in [-0.3, -0.25) is 9.59 Å². The number of primary amides is 1. The number of benzene rings is 2. The van der Waals surface area contributed by atoms with Crippen molar-refractivity contribution >= 4 is 35.1 Å². The molecule has 33 heavy (non-hydrogen) atoms. The Labute approximate surface area is 196 Å². The number of nitrogens with zero attached hydrogens (tertiary/aromatic N) is 1. The van der Waals surface area contributed by atoms with Crippen LogP contribution in [0.2, 0.25) is 5.02 Å². The first-order valence-corrected chi connectivity index (χ1v) is 10.8. The molecule has 0 radical (unpaired) electrons. The molecular weight excluding hydrogens is 451 g/mol. The number of carbonyl (C=O) groups is 3. The molecule has 3 rings (SSSR count). The van der Waals surface area contributed by atoms with E-state index in [1.165, 1.54) is 25.1 Å². The second-order valence-electron chi connectivity index (χ2n) is 8.06. The molecule has 0 unspecified atom stereocenters. The Morgan fingerprint density at radius 2 is 1.82 bits per heavy atom. The van der Waals surface area contributed by atoms with E-state index in [1.54, 1.807) is 29.2 Å². The largest absolute Gasteiger partial charge is 0.482 e. The van der Waals surface area contributed by atoms with E-state index in [9.17, 15) is 18.8 Å². The lowest BCUT2D eigenvalue weighted by Gasteiger charge is -2.42. The van der Waals surface area contributed by atoms with Gasteiger partial charge < -0.3 is 26.0 Å². The number of likely N-dealkylation sites (tertiary alicyclic amines) is 1. The minimum Gasteiger partial charge on any atom is -0.482 e. The van der Waals surface area contributed by atoms with Crippen molar-refractivity contribution in [2.45, 2.75) is 31.7 Å². The number of nitrogens with one attached hydrogen (secondary N) is 2. The summed E-state index contributed by atoms with van der Waals surface area (Å²) >= 11 is 5.94. The van der Waals surface area contributed by atoms with Crippen molar-refractivity contribution in [1.29, 1.82) is 0 Å². The smallest absolute Gasteiger partial charge is 0.316 e. The van der Waals surface area contributed by atoms with Crippen LogP contribution in [-0.2, 0) is 16.0 Å². The summed E-state index contributed by atoms with van der Waals surface area (Å²) in [5.74, 6) is -0.430. The monoisotopic (exact) mass is 476 g/mol. The number of urea groups is 1. The molecular formula is C23H26ClFN4O4. The van der Waals surface area contributed by atoms with Gasteiger partial charge in [0.15, 0.2) is 6.61 Å². The first kappa shape index (κ1) is 24.3. The molecule has 0 saturated carbocycles. The van der Waals surface area contributed by atoms with Crippen LogP contribution in [0.4, 0.5) is 14.9 Å². The van der Waals surface area contributed by atoms with Crippen molar-refractivity contribution in [3.8, 4) is 5.75 Å². The number of nitrogens with two attached hydrogens (primary N) is 1. The molecule has 1 saturated heterocycles. The van der Waals surface area contributed by atoms with Gasteiger partial charge in [-0.15, -0.1) is 0 Å². The number of ether oxygens (including phenoxy) is 1. The molecule has 4 N–H and O–H groups in total. The van der Waals surface area contributed by atoms with Gasteiger partial charge in [-0.1, -0.05) is 23.7 Å². The van der Waals surface area contributed by atoms with Crippen molar-refractivity contribution in [2.75, 3.05) is 25.0 Å². The predicted octanol–water partition coefficient (Wildman–Crippen LogP) is 3.09. The molecule has 10 heteroatoms. The molecule has 0 bridgehead atoms. The number of halogens is 2.